The van der Waals surface area contributed by atoms with Gasteiger partial charge in [0, 0.05) is 18.2 Å². The number of benzene rings is 3. The van der Waals surface area contributed by atoms with E-state index in [0.717, 1.165) is 37.8 Å². The van der Waals surface area contributed by atoms with E-state index in [1.54, 1.807) is 25.1 Å². The van der Waals surface area contributed by atoms with Crippen LogP contribution in [-0.2, 0) is 27.4 Å². The van der Waals surface area contributed by atoms with Crippen LogP contribution in [0.5, 0.6) is 0 Å². The molecule has 11 heteroatoms. The molecule has 2 atom stereocenters. The second-order valence-electron chi connectivity index (χ2n) is 10.2. The molecule has 5 rings (SSSR count). The lowest BCUT2D eigenvalue weighted by molar-refractivity contribution is -0.143. The van der Waals surface area contributed by atoms with Crippen LogP contribution in [0.3, 0.4) is 0 Å². The number of fused-ring (bicyclic) bond motifs is 2. The van der Waals surface area contributed by atoms with Gasteiger partial charge in [-0.3, -0.25) is 9.36 Å². The third kappa shape index (κ3) is 4.72. The molecule has 1 aromatic heterocycles. The summed E-state index contributed by atoms with van der Waals surface area (Å²) >= 11 is 0. The van der Waals surface area contributed by atoms with Crippen molar-refractivity contribution in [3.8, 4) is 11.1 Å². The number of hydrogen-bond donors (Lipinski definition) is 1. The third-order valence-electron chi connectivity index (χ3n) is 7.75. The first kappa shape index (κ1) is 29.3. The Bertz CT molecular complexity index is 1920. The van der Waals surface area contributed by atoms with Gasteiger partial charge in [-0.25, -0.2) is 13.2 Å². The second-order valence-corrected chi connectivity index (χ2v) is 12.1. The zero-order valence-electron chi connectivity index (χ0n) is 22.9. The molecule has 0 radical (unpaired) electrons. The van der Waals surface area contributed by atoms with Gasteiger partial charge in [0.1, 0.15) is 0 Å². The summed E-state index contributed by atoms with van der Waals surface area (Å²) in [6.07, 6.45) is -1.75. The van der Waals surface area contributed by atoms with Crippen LogP contribution in [0.4, 0.5) is 13.2 Å². The minimum absolute atomic E-state index is 0.000186. The summed E-state index contributed by atoms with van der Waals surface area (Å²) in [5.74, 6) is -1.45. The van der Waals surface area contributed by atoms with Gasteiger partial charge >= 0.3 is 12.1 Å². The van der Waals surface area contributed by atoms with E-state index < -0.39 is 50.4 Å². The van der Waals surface area contributed by atoms with E-state index in [0.29, 0.717) is 5.56 Å². The maximum atomic E-state index is 14.1. The number of carbonyl (C=O) groups is 1. The summed E-state index contributed by atoms with van der Waals surface area (Å²) in [4.78, 5) is 26.6. The van der Waals surface area contributed by atoms with E-state index >= 15 is 0 Å². The molecule has 1 aliphatic rings. The van der Waals surface area contributed by atoms with Crippen molar-refractivity contribution >= 4 is 32.8 Å². The molecular weight excluding hydrogens is 569 g/mol. The number of carboxylic acids is 1. The van der Waals surface area contributed by atoms with Crippen molar-refractivity contribution < 1.29 is 31.5 Å². The van der Waals surface area contributed by atoms with E-state index in [1.165, 1.54) is 26.1 Å². The molecule has 1 N–H and O–H groups in total. The number of sulfonamides is 1. The van der Waals surface area contributed by atoms with Crippen molar-refractivity contribution in [1.29, 1.82) is 0 Å². The predicted octanol–water partition coefficient (Wildman–Crippen LogP) is 5.96. The number of allylic oxidation sites excluding steroid dienone is 1. The number of carboxylic acid groups (broad SMARTS) is 1. The third-order valence-corrected chi connectivity index (χ3v) is 9.73. The lowest BCUT2D eigenvalue weighted by Crippen LogP contribution is -2.53. The van der Waals surface area contributed by atoms with Crippen molar-refractivity contribution in [2.45, 2.75) is 43.6 Å². The molecule has 0 bridgehead atoms. The number of likely N-dealkylation sites (N-methyl/N-ethyl adjacent to an activating group) is 1. The highest BCUT2D eigenvalue weighted by Crippen LogP contribution is 2.42. The lowest BCUT2D eigenvalue weighted by Gasteiger charge is -2.38. The van der Waals surface area contributed by atoms with E-state index in [9.17, 15) is 36.3 Å². The smallest absolute Gasteiger partial charge is 0.416 e. The Balaban J connectivity index is 2.00. The van der Waals surface area contributed by atoms with Gasteiger partial charge in [0.2, 0.25) is 0 Å². The quantitative estimate of drug-likeness (QED) is 0.307. The molecule has 218 valence electrons. The molecule has 0 aliphatic carbocycles. The lowest BCUT2D eigenvalue weighted by atomic mass is 9.89. The molecule has 0 amide bonds. The minimum Gasteiger partial charge on any atom is -0.480 e. The zero-order valence-corrected chi connectivity index (χ0v) is 23.7. The Hall–Kier alpha value is -4.22. The van der Waals surface area contributed by atoms with Gasteiger partial charge < -0.3 is 5.11 Å². The fourth-order valence-electron chi connectivity index (χ4n) is 5.64. The number of pyridine rings is 1. The summed E-state index contributed by atoms with van der Waals surface area (Å²) in [6, 6.07) is 14.3. The highest BCUT2D eigenvalue weighted by atomic mass is 32.2. The summed E-state index contributed by atoms with van der Waals surface area (Å²) in [5.41, 5.74) is -1.24. The molecule has 0 spiro atoms. The number of hydrogen-bond acceptors (Lipinski definition) is 4. The number of aliphatic carboxylic acids is 1. The van der Waals surface area contributed by atoms with Crippen LogP contribution >= 0.6 is 0 Å². The Morgan fingerprint density at radius 2 is 1.71 bits per heavy atom. The molecule has 1 aliphatic heterocycles. The number of nitrogens with zero attached hydrogens (tertiary/aromatic N) is 2. The average molecular weight is 597 g/mol. The Labute approximate surface area is 240 Å². The van der Waals surface area contributed by atoms with Gasteiger partial charge in [0.15, 0.2) is 11.1 Å². The van der Waals surface area contributed by atoms with Gasteiger partial charge in [-0.05, 0) is 59.9 Å². The molecule has 0 saturated carbocycles. The number of aromatic nitrogens is 1. The summed E-state index contributed by atoms with van der Waals surface area (Å²) in [5, 5.41) is 11.2. The SMILES string of the molecule is CC=Cc1c(Cc2cccc3ccccc23)c(-c2cccc(C(F)(F)F)c2)c2n(c1=O)C(C(=O)O)C(C)N(C)S2(=O)=O. The highest BCUT2D eigenvalue weighted by molar-refractivity contribution is 7.89. The monoisotopic (exact) mass is 596 g/mol. The summed E-state index contributed by atoms with van der Waals surface area (Å²) in [7, 11) is -3.35. The molecule has 0 saturated heterocycles. The Morgan fingerprint density at radius 3 is 2.38 bits per heavy atom. The molecule has 2 heterocycles. The van der Waals surface area contributed by atoms with E-state index in [2.05, 4.69) is 0 Å². The van der Waals surface area contributed by atoms with Gasteiger partial charge in [0.25, 0.3) is 15.6 Å². The Morgan fingerprint density at radius 1 is 1.05 bits per heavy atom. The number of rotatable bonds is 5. The topological polar surface area (TPSA) is 96.7 Å². The number of alkyl halides is 3. The standard InChI is InChI=1S/C31H27F3N2O5S/c1-4-9-24-25(17-20-12-7-11-19-10-5-6-15-23(19)20)26(21-13-8-14-22(16-21)31(32,33)34)29-36(28(24)37)27(30(38)39)18(2)35(3)42(29,40)41/h4-16,18,27H,17H2,1-3H3,(H,38,39). The van der Waals surface area contributed by atoms with E-state index in [4.69, 9.17) is 0 Å². The van der Waals surface area contributed by atoms with Crippen molar-refractivity contribution in [2.75, 3.05) is 7.05 Å². The average Bonchev–Trinajstić information content (AvgIpc) is 2.94. The van der Waals surface area contributed by atoms with Crippen LogP contribution in [0.25, 0.3) is 28.0 Å². The van der Waals surface area contributed by atoms with Crippen LogP contribution in [0, 0.1) is 0 Å². The summed E-state index contributed by atoms with van der Waals surface area (Å²) in [6.45, 7) is 3.01. The van der Waals surface area contributed by atoms with Gasteiger partial charge in [0.05, 0.1) is 11.6 Å². The van der Waals surface area contributed by atoms with E-state index in [1.807, 2.05) is 30.3 Å². The molecule has 42 heavy (non-hydrogen) atoms. The highest BCUT2D eigenvalue weighted by Gasteiger charge is 2.47. The van der Waals surface area contributed by atoms with Crippen LogP contribution in [0.1, 0.15) is 42.1 Å². The van der Waals surface area contributed by atoms with E-state index in [-0.39, 0.29) is 28.7 Å². The Kier molecular flexibility index (Phi) is 7.36. The second kappa shape index (κ2) is 10.6. The molecular formula is C31H27F3N2O5S. The fraction of sp³-hybridized carbons (Fsp3) is 0.226. The maximum Gasteiger partial charge on any atom is 0.416 e. The first-order valence-electron chi connectivity index (χ1n) is 13.1. The summed E-state index contributed by atoms with van der Waals surface area (Å²) < 4.78 is 71.3. The molecule has 0 fully saturated rings. The minimum atomic E-state index is -4.74. The van der Waals surface area contributed by atoms with Crippen LogP contribution < -0.4 is 5.56 Å². The van der Waals surface area contributed by atoms with Crippen molar-refractivity contribution in [2.24, 2.45) is 0 Å². The fourth-order valence-corrected chi connectivity index (χ4v) is 7.41. The maximum absolute atomic E-state index is 14.1. The zero-order chi connectivity index (χ0) is 30.6. The molecule has 4 aromatic rings. The molecule has 3 aromatic carbocycles. The molecule has 7 nitrogen and oxygen atoms in total. The number of halogens is 3. The van der Waals surface area contributed by atoms with Gasteiger partial charge in [-0.2, -0.15) is 17.5 Å². The largest absolute Gasteiger partial charge is 0.480 e. The molecule has 2 unspecified atom stereocenters. The van der Waals surface area contributed by atoms with Crippen LogP contribution in [0.2, 0.25) is 0 Å². The first-order chi connectivity index (χ1) is 19.8. The van der Waals surface area contributed by atoms with Crippen molar-refractivity contribution in [1.82, 2.24) is 8.87 Å². The normalized spacial score (nSPS) is 18.8. The predicted molar refractivity (Wildman–Crippen MR) is 154 cm³/mol. The van der Waals surface area contributed by atoms with Crippen LogP contribution in [0.15, 0.2) is 82.6 Å². The van der Waals surface area contributed by atoms with Crippen molar-refractivity contribution in [3.63, 3.8) is 0 Å². The van der Waals surface area contributed by atoms with Crippen molar-refractivity contribution in [3.05, 3.63) is 105 Å². The van der Waals surface area contributed by atoms with Gasteiger partial charge in [-0.1, -0.05) is 66.7 Å². The first-order valence-corrected chi connectivity index (χ1v) is 14.5. The van der Waals surface area contributed by atoms with Crippen LogP contribution in [-0.4, -0.2) is 41.5 Å². The van der Waals surface area contributed by atoms with Gasteiger partial charge in [-0.15, -0.1) is 0 Å².